The zero-order valence-electron chi connectivity index (χ0n) is 12.0. The normalized spacial score (nSPS) is 13.5. The lowest BCUT2D eigenvalue weighted by molar-refractivity contribution is -0.140. The summed E-state index contributed by atoms with van der Waals surface area (Å²) < 4.78 is 9.79. The van der Waals surface area contributed by atoms with Crippen molar-refractivity contribution in [2.24, 2.45) is 11.3 Å². The molecule has 0 aromatic rings. The van der Waals surface area contributed by atoms with Gasteiger partial charge in [0, 0.05) is 20.1 Å². The molecule has 0 amide bonds. The minimum Gasteiger partial charge on any atom is -0.469 e. The van der Waals surface area contributed by atoms with E-state index in [2.05, 4.69) is 25.5 Å². The molecular weight excluding hydrogens is 216 g/mol. The number of hydrogen-bond acceptors (Lipinski definition) is 3. The Kier molecular flexibility index (Phi) is 8.23. The molecule has 0 rings (SSSR count). The molecule has 3 heteroatoms. The second-order valence-corrected chi connectivity index (χ2v) is 5.88. The number of hydrogen-bond donors (Lipinski definition) is 0. The minimum absolute atomic E-state index is 0.105. The highest BCUT2D eigenvalue weighted by Crippen LogP contribution is 2.29. The van der Waals surface area contributed by atoms with E-state index in [1.54, 1.807) is 7.11 Å². The van der Waals surface area contributed by atoms with Gasteiger partial charge in [-0.25, -0.2) is 0 Å². The van der Waals surface area contributed by atoms with Crippen LogP contribution in [0.4, 0.5) is 0 Å². The fraction of sp³-hybridized carbons (Fsp3) is 0.929. The number of ether oxygens (including phenoxy) is 2. The van der Waals surface area contributed by atoms with Crippen LogP contribution in [0.5, 0.6) is 0 Å². The van der Waals surface area contributed by atoms with Crippen molar-refractivity contribution in [1.29, 1.82) is 0 Å². The first-order valence-corrected chi connectivity index (χ1v) is 6.45. The predicted molar refractivity (Wildman–Crippen MR) is 69.9 cm³/mol. The van der Waals surface area contributed by atoms with Crippen LogP contribution in [-0.4, -0.2) is 26.8 Å². The zero-order valence-corrected chi connectivity index (χ0v) is 12.0. The summed E-state index contributed by atoms with van der Waals surface area (Å²) in [4.78, 5) is 11.0. The average molecular weight is 244 g/mol. The molecule has 0 saturated carbocycles. The van der Waals surface area contributed by atoms with Crippen molar-refractivity contribution >= 4 is 5.97 Å². The Balaban J connectivity index is 3.97. The third kappa shape index (κ3) is 10.3. The Morgan fingerprint density at radius 3 is 2.29 bits per heavy atom. The maximum absolute atomic E-state index is 11.0. The first-order chi connectivity index (χ1) is 7.89. The summed E-state index contributed by atoms with van der Waals surface area (Å²) >= 11 is 0. The number of carbonyl (C=O) groups excluding carboxylic acids is 1. The Labute approximate surface area is 106 Å². The van der Waals surface area contributed by atoms with E-state index in [1.165, 1.54) is 13.5 Å². The molecule has 0 radical (unpaired) electrons. The van der Waals surface area contributed by atoms with E-state index in [0.717, 1.165) is 25.9 Å². The van der Waals surface area contributed by atoms with E-state index >= 15 is 0 Å². The highest BCUT2D eigenvalue weighted by molar-refractivity contribution is 5.68. The summed E-state index contributed by atoms with van der Waals surface area (Å²) in [6.07, 6.45) is 4.78. The van der Waals surface area contributed by atoms with E-state index in [4.69, 9.17) is 4.74 Å². The molecule has 0 aliphatic rings. The Bertz CT molecular complexity index is 206. The highest BCUT2D eigenvalue weighted by atomic mass is 16.5. The van der Waals surface area contributed by atoms with Gasteiger partial charge in [0.2, 0.25) is 0 Å². The molecule has 0 unspecified atom stereocenters. The predicted octanol–water partition coefficient (Wildman–Crippen LogP) is 3.42. The van der Waals surface area contributed by atoms with Crippen molar-refractivity contribution in [3.63, 3.8) is 0 Å². The van der Waals surface area contributed by atoms with Gasteiger partial charge in [0.15, 0.2) is 0 Å². The Hall–Kier alpha value is -0.570. The zero-order chi connectivity index (χ0) is 13.3. The molecule has 102 valence electrons. The SMILES string of the molecule is COCC[C@@H](CCCC(=O)OC)CC(C)(C)C. The van der Waals surface area contributed by atoms with Crippen LogP contribution in [0.15, 0.2) is 0 Å². The molecule has 0 aliphatic carbocycles. The van der Waals surface area contributed by atoms with Crippen molar-refractivity contribution in [2.45, 2.75) is 52.9 Å². The van der Waals surface area contributed by atoms with E-state index < -0.39 is 0 Å². The van der Waals surface area contributed by atoms with Crippen LogP contribution in [0, 0.1) is 11.3 Å². The van der Waals surface area contributed by atoms with Gasteiger partial charge in [-0.2, -0.15) is 0 Å². The molecule has 0 aliphatic heterocycles. The standard InChI is InChI=1S/C14H28O3/c1-14(2,3)11-12(9-10-16-4)7-6-8-13(15)17-5/h12H,6-11H2,1-5H3/t12-/m1/s1. The monoisotopic (exact) mass is 244 g/mol. The lowest BCUT2D eigenvalue weighted by atomic mass is 9.81. The van der Waals surface area contributed by atoms with Gasteiger partial charge in [-0.15, -0.1) is 0 Å². The molecule has 0 saturated heterocycles. The van der Waals surface area contributed by atoms with Crippen LogP contribution in [-0.2, 0) is 14.3 Å². The summed E-state index contributed by atoms with van der Waals surface area (Å²) in [5.41, 5.74) is 0.337. The van der Waals surface area contributed by atoms with Crippen LogP contribution in [0.2, 0.25) is 0 Å². The fourth-order valence-corrected chi connectivity index (χ4v) is 2.14. The summed E-state index contributed by atoms with van der Waals surface area (Å²) in [5, 5.41) is 0. The maximum atomic E-state index is 11.0. The molecule has 0 N–H and O–H groups in total. The second-order valence-electron chi connectivity index (χ2n) is 5.88. The summed E-state index contributed by atoms with van der Waals surface area (Å²) in [6.45, 7) is 7.58. The molecule has 0 aromatic heterocycles. The van der Waals surface area contributed by atoms with Gasteiger partial charge in [0.1, 0.15) is 0 Å². The van der Waals surface area contributed by atoms with Gasteiger partial charge in [-0.3, -0.25) is 4.79 Å². The molecule has 0 bridgehead atoms. The van der Waals surface area contributed by atoms with E-state index in [1.807, 2.05) is 0 Å². The van der Waals surface area contributed by atoms with E-state index in [-0.39, 0.29) is 5.97 Å². The van der Waals surface area contributed by atoms with Crippen LogP contribution < -0.4 is 0 Å². The fourth-order valence-electron chi connectivity index (χ4n) is 2.14. The van der Waals surface area contributed by atoms with Gasteiger partial charge in [0.25, 0.3) is 0 Å². The van der Waals surface area contributed by atoms with Crippen LogP contribution >= 0.6 is 0 Å². The van der Waals surface area contributed by atoms with Gasteiger partial charge < -0.3 is 9.47 Å². The average Bonchev–Trinajstić information content (AvgIpc) is 2.23. The number of rotatable bonds is 8. The number of carbonyl (C=O) groups is 1. The first kappa shape index (κ1) is 16.4. The van der Waals surface area contributed by atoms with Gasteiger partial charge in [-0.1, -0.05) is 20.8 Å². The Morgan fingerprint density at radius 1 is 1.18 bits per heavy atom. The molecule has 17 heavy (non-hydrogen) atoms. The topological polar surface area (TPSA) is 35.5 Å². The lowest BCUT2D eigenvalue weighted by Crippen LogP contribution is -2.15. The molecule has 0 spiro atoms. The van der Waals surface area contributed by atoms with Gasteiger partial charge >= 0.3 is 5.97 Å². The van der Waals surface area contributed by atoms with Crippen molar-refractivity contribution in [3.8, 4) is 0 Å². The summed E-state index contributed by atoms with van der Waals surface area (Å²) in [6, 6.07) is 0. The van der Waals surface area contributed by atoms with E-state index in [9.17, 15) is 4.79 Å². The van der Waals surface area contributed by atoms with Gasteiger partial charge in [0.05, 0.1) is 7.11 Å². The lowest BCUT2D eigenvalue weighted by Gasteiger charge is -2.25. The van der Waals surface area contributed by atoms with Crippen LogP contribution in [0.25, 0.3) is 0 Å². The maximum Gasteiger partial charge on any atom is 0.305 e. The summed E-state index contributed by atoms with van der Waals surface area (Å²) in [7, 11) is 3.18. The molecule has 0 fully saturated rings. The Morgan fingerprint density at radius 2 is 1.82 bits per heavy atom. The smallest absolute Gasteiger partial charge is 0.305 e. The summed E-state index contributed by atoms with van der Waals surface area (Å²) in [5.74, 6) is 0.533. The minimum atomic E-state index is -0.105. The molecule has 1 atom stereocenters. The van der Waals surface area contributed by atoms with Gasteiger partial charge in [-0.05, 0) is 37.0 Å². The molecule has 0 aromatic carbocycles. The highest BCUT2D eigenvalue weighted by Gasteiger charge is 2.18. The van der Waals surface area contributed by atoms with Crippen molar-refractivity contribution < 1.29 is 14.3 Å². The van der Waals surface area contributed by atoms with Crippen molar-refractivity contribution in [2.75, 3.05) is 20.8 Å². The largest absolute Gasteiger partial charge is 0.469 e. The molecule has 0 heterocycles. The number of esters is 1. The van der Waals surface area contributed by atoms with Crippen LogP contribution in [0.3, 0.4) is 0 Å². The second kappa shape index (κ2) is 8.51. The molecular formula is C14H28O3. The molecule has 3 nitrogen and oxygen atoms in total. The van der Waals surface area contributed by atoms with Crippen molar-refractivity contribution in [3.05, 3.63) is 0 Å². The third-order valence-electron chi connectivity index (χ3n) is 2.85. The van der Waals surface area contributed by atoms with Crippen LogP contribution in [0.1, 0.15) is 52.9 Å². The van der Waals surface area contributed by atoms with E-state index in [0.29, 0.717) is 17.8 Å². The van der Waals surface area contributed by atoms with Crippen molar-refractivity contribution in [1.82, 2.24) is 0 Å². The number of methoxy groups -OCH3 is 2. The third-order valence-corrected chi connectivity index (χ3v) is 2.85. The first-order valence-electron chi connectivity index (χ1n) is 6.45. The quantitative estimate of drug-likeness (QED) is 0.614.